The van der Waals surface area contributed by atoms with E-state index < -0.39 is 11.9 Å². The van der Waals surface area contributed by atoms with Crippen molar-refractivity contribution in [2.45, 2.75) is 25.9 Å². The number of amides is 1. The summed E-state index contributed by atoms with van der Waals surface area (Å²) in [4.78, 5) is 24.3. The first-order valence-electron chi connectivity index (χ1n) is 6.97. The Labute approximate surface area is 118 Å². The Kier molecular flexibility index (Phi) is 7.50. The Morgan fingerprint density at radius 1 is 1.50 bits per heavy atom. The van der Waals surface area contributed by atoms with Crippen molar-refractivity contribution in [3.8, 4) is 0 Å². The summed E-state index contributed by atoms with van der Waals surface area (Å²) in [6.07, 6.45) is 2.06. The van der Waals surface area contributed by atoms with Crippen molar-refractivity contribution in [2.24, 2.45) is 5.92 Å². The van der Waals surface area contributed by atoms with E-state index in [1.165, 1.54) is 0 Å². The van der Waals surface area contributed by atoms with Crippen molar-refractivity contribution in [2.75, 3.05) is 39.4 Å². The third-order valence-electron chi connectivity index (χ3n) is 3.29. The van der Waals surface area contributed by atoms with Gasteiger partial charge in [-0.3, -0.25) is 14.5 Å². The molecule has 20 heavy (non-hydrogen) atoms. The fourth-order valence-corrected chi connectivity index (χ4v) is 2.13. The molecule has 1 aliphatic heterocycles. The molecule has 7 nitrogen and oxygen atoms in total. The predicted octanol–water partition coefficient (Wildman–Crippen LogP) is -0.703. The SMILES string of the molecule is CC(CN(CCO)CC(=O)NCC1CCCO1)C(=O)O. The number of carbonyl (C=O) groups is 2. The highest BCUT2D eigenvalue weighted by atomic mass is 16.5. The number of hydrogen-bond donors (Lipinski definition) is 3. The Hall–Kier alpha value is -1.18. The average molecular weight is 288 g/mol. The maximum Gasteiger partial charge on any atom is 0.307 e. The van der Waals surface area contributed by atoms with E-state index in [9.17, 15) is 9.59 Å². The number of ether oxygens (including phenoxy) is 1. The number of carboxylic acid groups (broad SMARTS) is 1. The fraction of sp³-hybridized carbons (Fsp3) is 0.846. The number of hydrogen-bond acceptors (Lipinski definition) is 5. The van der Waals surface area contributed by atoms with Gasteiger partial charge in [-0.15, -0.1) is 0 Å². The first kappa shape index (κ1) is 16.9. The largest absolute Gasteiger partial charge is 0.481 e. The lowest BCUT2D eigenvalue weighted by Gasteiger charge is -2.23. The fourth-order valence-electron chi connectivity index (χ4n) is 2.13. The number of aliphatic hydroxyl groups is 1. The van der Waals surface area contributed by atoms with Gasteiger partial charge in [0.05, 0.1) is 25.2 Å². The lowest BCUT2D eigenvalue weighted by molar-refractivity contribution is -0.142. The Bertz CT molecular complexity index is 318. The zero-order valence-corrected chi connectivity index (χ0v) is 11.9. The molecule has 2 atom stereocenters. The third kappa shape index (κ3) is 6.31. The molecule has 116 valence electrons. The first-order chi connectivity index (χ1) is 9.52. The molecule has 3 N–H and O–H groups in total. The van der Waals surface area contributed by atoms with Gasteiger partial charge in [0.2, 0.25) is 5.91 Å². The second-order valence-electron chi connectivity index (χ2n) is 5.14. The van der Waals surface area contributed by atoms with E-state index in [2.05, 4.69) is 5.32 Å². The normalized spacial score (nSPS) is 20.1. The molecule has 1 rings (SSSR count). The van der Waals surface area contributed by atoms with Crippen LogP contribution in [0.4, 0.5) is 0 Å². The minimum Gasteiger partial charge on any atom is -0.481 e. The van der Waals surface area contributed by atoms with E-state index in [1.807, 2.05) is 0 Å². The van der Waals surface area contributed by atoms with Crippen molar-refractivity contribution in [3.63, 3.8) is 0 Å². The highest BCUT2D eigenvalue weighted by Gasteiger charge is 2.20. The summed E-state index contributed by atoms with van der Waals surface area (Å²) in [6.45, 7) is 3.31. The lowest BCUT2D eigenvalue weighted by atomic mass is 10.1. The number of nitrogens with one attached hydrogen (secondary N) is 1. The van der Waals surface area contributed by atoms with E-state index in [4.69, 9.17) is 14.9 Å². The molecule has 0 spiro atoms. The molecule has 0 aromatic rings. The Balaban J connectivity index is 2.31. The number of nitrogens with zero attached hydrogens (tertiary/aromatic N) is 1. The molecule has 2 unspecified atom stereocenters. The summed E-state index contributed by atoms with van der Waals surface area (Å²) >= 11 is 0. The lowest BCUT2D eigenvalue weighted by Crippen LogP contribution is -2.43. The third-order valence-corrected chi connectivity index (χ3v) is 3.29. The minimum atomic E-state index is -0.910. The van der Waals surface area contributed by atoms with E-state index in [1.54, 1.807) is 11.8 Å². The number of carbonyl (C=O) groups excluding carboxylic acids is 1. The van der Waals surface area contributed by atoms with Gasteiger partial charge in [0, 0.05) is 26.2 Å². The van der Waals surface area contributed by atoms with Gasteiger partial charge in [0.15, 0.2) is 0 Å². The molecule has 1 aliphatic rings. The van der Waals surface area contributed by atoms with Gasteiger partial charge in [-0.2, -0.15) is 0 Å². The molecule has 0 saturated carbocycles. The van der Waals surface area contributed by atoms with E-state index in [0.29, 0.717) is 6.54 Å². The second kappa shape index (κ2) is 8.89. The van der Waals surface area contributed by atoms with Gasteiger partial charge in [0.1, 0.15) is 0 Å². The van der Waals surface area contributed by atoms with Crippen molar-refractivity contribution in [1.82, 2.24) is 10.2 Å². The smallest absolute Gasteiger partial charge is 0.307 e. The monoisotopic (exact) mass is 288 g/mol. The van der Waals surface area contributed by atoms with Crippen LogP contribution >= 0.6 is 0 Å². The van der Waals surface area contributed by atoms with E-state index in [-0.39, 0.29) is 38.3 Å². The molecule has 1 amide bonds. The molecular formula is C13H24N2O5. The molecule has 0 aliphatic carbocycles. The van der Waals surface area contributed by atoms with Crippen LogP contribution in [0.1, 0.15) is 19.8 Å². The van der Waals surface area contributed by atoms with E-state index in [0.717, 1.165) is 19.4 Å². The number of aliphatic carboxylic acids is 1. The van der Waals surface area contributed by atoms with Crippen molar-refractivity contribution in [3.05, 3.63) is 0 Å². The zero-order chi connectivity index (χ0) is 15.0. The maximum absolute atomic E-state index is 11.8. The van der Waals surface area contributed by atoms with Crippen LogP contribution in [0.2, 0.25) is 0 Å². The summed E-state index contributed by atoms with van der Waals surface area (Å²) in [6, 6.07) is 0. The predicted molar refractivity (Wildman–Crippen MR) is 72.3 cm³/mol. The van der Waals surface area contributed by atoms with Crippen molar-refractivity contribution >= 4 is 11.9 Å². The van der Waals surface area contributed by atoms with Crippen molar-refractivity contribution < 1.29 is 24.5 Å². The van der Waals surface area contributed by atoms with Gasteiger partial charge in [0.25, 0.3) is 0 Å². The maximum atomic E-state index is 11.8. The van der Waals surface area contributed by atoms with Crippen LogP contribution in [-0.4, -0.2) is 72.5 Å². The van der Waals surface area contributed by atoms with Gasteiger partial charge in [-0.1, -0.05) is 6.92 Å². The number of rotatable bonds is 9. The highest BCUT2D eigenvalue weighted by molar-refractivity contribution is 5.78. The molecule has 7 heteroatoms. The molecule has 0 aromatic carbocycles. The molecule has 0 aromatic heterocycles. The Morgan fingerprint density at radius 2 is 2.25 bits per heavy atom. The minimum absolute atomic E-state index is 0.0863. The molecule has 1 saturated heterocycles. The van der Waals surface area contributed by atoms with Crippen molar-refractivity contribution in [1.29, 1.82) is 0 Å². The summed E-state index contributed by atoms with van der Waals surface area (Å²) < 4.78 is 5.41. The van der Waals surface area contributed by atoms with Crippen LogP contribution in [0.25, 0.3) is 0 Å². The molecule has 1 fully saturated rings. The van der Waals surface area contributed by atoms with Crippen LogP contribution < -0.4 is 5.32 Å². The number of aliphatic hydroxyl groups excluding tert-OH is 1. The van der Waals surface area contributed by atoms with Crippen LogP contribution in [0.5, 0.6) is 0 Å². The summed E-state index contributed by atoms with van der Waals surface area (Å²) in [7, 11) is 0. The van der Waals surface area contributed by atoms with Gasteiger partial charge in [-0.05, 0) is 12.8 Å². The van der Waals surface area contributed by atoms with Gasteiger partial charge >= 0.3 is 5.97 Å². The van der Waals surface area contributed by atoms with Crippen LogP contribution in [0.15, 0.2) is 0 Å². The van der Waals surface area contributed by atoms with E-state index >= 15 is 0 Å². The number of carboxylic acids is 1. The van der Waals surface area contributed by atoms with Gasteiger partial charge in [-0.25, -0.2) is 0 Å². The zero-order valence-electron chi connectivity index (χ0n) is 11.9. The standard InChI is InChI=1S/C13H24N2O5/c1-10(13(18)19)8-15(4-5-16)9-12(17)14-7-11-3-2-6-20-11/h10-11,16H,2-9H2,1H3,(H,14,17)(H,18,19). The van der Waals surface area contributed by atoms with Crippen LogP contribution in [0, 0.1) is 5.92 Å². The molecular weight excluding hydrogens is 264 g/mol. The summed E-state index contributed by atoms with van der Waals surface area (Å²) in [5.74, 6) is -1.66. The molecule has 0 radical (unpaired) electrons. The Morgan fingerprint density at radius 3 is 2.80 bits per heavy atom. The average Bonchev–Trinajstić information content (AvgIpc) is 2.89. The highest BCUT2D eigenvalue weighted by Crippen LogP contribution is 2.10. The first-order valence-corrected chi connectivity index (χ1v) is 6.97. The second-order valence-corrected chi connectivity index (χ2v) is 5.14. The van der Waals surface area contributed by atoms with Gasteiger partial charge < -0.3 is 20.3 Å². The topological polar surface area (TPSA) is 99.1 Å². The summed E-state index contributed by atoms with van der Waals surface area (Å²) in [5.41, 5.74) is 0. The van der Waals surface area contributed by atoms with Crippen LogP contribution in [-0.2, 0) is 14.3 Å². The summed E-state index contributed by atoms with van der Waals surface area (Å²) in [5, 5.41) is 20.6. The quantitative estimate of drug-likeness (QED) is 0.519. The van der Waals surface area contributed by atoms with Crippen LogP contribution in [0.3, 0.4) is 0 Å². The molecule has 0 bridgehead atoms. The molecule has 1 heterocycles.